The Morgan fingerprint density at radius 2 is 2.17 bits per heavy atom. The predicted molar refractivity (Wildman–Crippen MR) is 57.3 cm³/mol. The molecule has 0 aliphatic carbocycles. The van der Waals surface area contributed by atoms with Gasteiger partial charge in [0.25, 0.3) is 5.91 Å². The average Bonchev–Trinajstić information content (AvgIpc) is 2.25. The van der Waals surface area contributed by atoms with Crippen LogP contribution in [0.4, 0.5) is 17.6 Å². The molecule has 0 aliphatic heterocycles. The first-order valence-electron chi connectivity index (χ1n) is 4.80. The molecule has 0 atom stereocenters. The highest BCUT2D eigenvalue weighted by atomic mass is 35.5. The Balaban J connectivity index is 2.72. The van der Waals surface area contributed by atoms with Gasteiger partial charge >= 0.3 is 12.3 Å². The molecule has 0 saturated heterocycles. The zero-order valence-electron chi connectivity index (χ0n) is 9.18. The zero-order valence-corrected chi connectivity index (χ0v) is 9.94. The molecule has 0 unspecified atom stereocenters. The third kappa shape index (κ3) is 3.56. The average molecular weight is 285 g/mol. The molecular formula is C10H9ClF4N2O. The number of rotatable bonds is 4. The lowest BCUT2D eigenvalue weighted by Crippen LogP contribution is -2.41. The molecule has 0 bridgehead atoms. The summed E-state index contributed by atoms with van der Waals surface area (Å²) in [7, 11) is 0. The fraction of sp³-hybridized carbons (Fsp3) is 0.400. The summed E-state index contributed by atoms with van der Waals surface area (Å²) in [5, 5.41) is 1.70. The van der Waals surface area contributed by atoms with Gasteiger partial charge in [0, 0.05) is 11.9 Å². The number of aryl methyl sites for hydroxylation is 1. The number of halogens is 5. The summed E-state index contributed by atoms with van der Waals surface area (Å²) in [5.41, 5.74) is 0.391. The molecule has 1 rings (SSSR count). The van der Waals surface area contributed by atoms with Crippen molar-refractivity contribution in [2.75, 3.05) is 6.54 Å². The van der Waals surface area contributed by atoms with Gasteiger partial charge in [-0.25, -0.2) is 8.78 Å². The molecule has 0 radical (unpaired) electrons. The Labute approximate surface area is 105 Å². The Morgan fingerprint density at radius 1 is 1.56 bits per heavy atom. The van der Waals surface area contributed by atoms with Crippen LogP contribution in [-0.2, 0) is 0 Å². The molecule has 3 nitrogen and oxygen atoms in total. The molecule has 100 valence electrons. The van der Waals surface area contributed by atoms with Crippen molar-refractivity contribution < 1.29 is 22.4 Å². The Morgan fingerprint density at radius 3 is 2.67 bits per heavy atom. The number of carbonyl (C=O) groups excluding carboxylic acids is 1. The molecule has 1 heterocycles. The maximum absolute atomic E-state index is 12.6. The highest BCUT2D eigenvalue weighted by Gasteiger charge is 2.40. The fourth-order valence-corrected chi connectivity index (χ4v) is 1.36. The summed E-state index contributed by atoms with van der Waals surface area (Å²) in [6.07, 6.45) is -2.75. The summed E-state index contributed by atoms with van der Waals surface area (Å²) in [6, 6.07) is 1.36. The van der Waals surface area contributed by atoms with E-state index in [2.05, 4.69) is 4.98 Å². The molecular weight excluding hydrogens is 276 g/mol. The van der Waals surface area contributed by atoms with Crippen molar-refractivity contribution in [3.8, 4) is 0 Å². The van der Waals surface area contributed by atoms with E-state index < -0.39 is 24.8 Å². The van der Waals surface area contributed by atoms with Crippen molar-refractivity contribution in [2.45, 2.75) is 19.3 Å². The van der Waals surface area contributed by atoms with E-state index in [-0.39, 0.29) is 10.6 Å². The first-order chi connectivity index (χ1) is 8.24. The van der Waals surface area contributed by atoms with Crippen molar-refractivity contribution >= 4 is 17.5 Å². The molecule has 0 aromatic carbocycles. The smallest absolute Gasteiger partial charge is 0.324 e. The van der Waals surface area contributed by atoms with Gasteiger partial charge < -0.3 is 5.32 Å². The van der Waals surface area contributed by atoms with Crippen molar-refractivity contribution in [3.05, 3.63) is 28.5 Å². The van der Waals surface area contributed by atoms with Crippen LogP contribution in [0.1, 0.15) is 16.1 Å². The number of nitrogens with zero attached hydrogens (tertiary/aromatic N) is 1. The molecule has 1 aromatic rings. The van der Waals surface area contributed by atoms with E-state index in [1.54, 1.807) is 12.2 Å². The number of nitrogens with one attached hydrogen (secondary N) is 1. The van der Waals surface area contributed by atoms with Crippen LogP contribution in [0.25, 0.3) is 0 Å². The van der Waals surface area contributed by atoms with Gasteiger partial charge in [-0.15, -0.1) is 0 Å². The van der Waals surface area contributed by atoms with Crippen LogP contribution in [0.5, 0.6) is 0 Å². The zero-order chi connectivity index (χ0) is 13.9. The number of carbonyl (C=O) groups is 1. The van der Waals surface area contributed by atoms with Gasteiger partial charge in [-0.2, -0.15) is 8.78 Å². The van der Waals surface area contributed by atoms with Gasteiger partial charge in [0.05, 0.1) is 17.1 Å². The number of hydrogen-bond donors (Lipinski definition) is 1. The summed E-state index contributed by atoms with van der Waals surface area (Å²) < 4.78 is 48.9. The van der Waals surface area contributed by atoms with Crippen molar-refractivity contribution in [1.82, 2.24) is 10.3 Å². The van der Waals surface area contributed by atoms with E-state index in [1.165, 1.54) is 6.07 Å². The third-order valence-corrected chi connectivity index (χ3v) is 2.35. The van der Waals surface area contributed by atoms with Gasteiger partial charge in [-0.3, -0.25) is 9.78 Å². The topological polar surface area (TPSA) is 42.0 Å². The highest BCUT2D eigenvalue weighted by Crippen LogP contribution is 2.22. The summed E-state index contributed by atoms with van der Waals surface area (Å²) >= 11 is 5.70. The molecule has 1 aromatic heterocycles. The summed E-state index contributed by atoms with van der Waals surface area (Å²) in [5.74, 6) is -5.26. The molecule has 0 fully saturated rings. The SMILES string of the molecule is Cc1cc(Cl)c(C(=O)NCC(F)(F)C(F)F)cn1. The minimum atomic E-state index is -4.28. The van der Waals surface area contributed by atoms with Crippen molar-refractivity contribution in [1.29, 1.82) is 0 Å². The van der Waals surface area contributed by atoms with Crippen LogP contribution in [0, 0.1) is 6.92 Å². The van der Waals surface area contributed by atoms with E-state index >= 15 is 0 Å². The Kier molecular flexibility index (Phi) is 4.50. The van der Waals surface area contributed by atoms with E-state index in [9.17, 15) is 22.4 Å². The maximum Gasteiger partial charge on any atom is 0.324 e. The van der Waals surface area contributed by atoms with Crippen molar-refractivity contribution in [3.63, 3.8) is 0 Å². The predicted octanol–water partition coefficient (Wildman–Crippen LogP) is 2.67. The summed E-state index contributed by atoms with van der Waals surface area (Å²) in [4.78, 5) is 15.2. The van der Waals surface area contributed by atoms with Gasteiger partial charge in [-0.05, 0) is 13.0 Å². The maximum atomic E-state index is 12.6. The second-order valence-corrected chi connectivity index (χ2v) is 3.96. The van der Waals surface area contributed by atoms with Gasteiger partial charge in [-0.1, -0.05) is 11.6 Å². The number of amides is 1. The van der Waals surface area contributed by atoms with E-state index in [0.29, 0.717) is 5.69 Å². The second-order valence-electron chi connectivity index (χ2n) is 3.55. The lowest BCUT2D eigenvalue weighted by molar-refractivity contribution is -0.123. The van der Waals surface area contributed by atoms with Crippen LogP contribution in [-0.4, -0.2) is 29.8 Å². The molecule has 0 aliphatic rings. The van der Waals surface area contributed by atoms with E-state index in [1.807, 2.05) is 0 Å². The monoisotopic (exact) mass is 284 g/mol. The summed E-state index contributed by atoms with van der Waals surface area (Å²) in [6.45, 7) is 0.159. The number of alkyl halides is 4. The van der Waals surface area contributed by atoms with Crippen LogP contribution in [0.3, 0.4) is 0 Å². The normalized spacial score (nSPS) is 11.7. The molecule has 1 N–H and O–H groups in total. The standard InChI is InChI=1S/C10H9ClF4N2O/c1-5-2-7(11)6(3-16-5)8(18)17-4-10(14,15)9(12)13/h2-3,9H,4H2,1H3,(H,17,18). The van der Waals surface area contributed by atoms with Gasteiger partial charge in [0.2, 0.25) is 0 Å². The van der Waals surface area contributed by atoms with E-state index in [0.717, 1.165) is 6.20 Å². The van der Waals surface area contributed by atoms with Crippen LogP contribution < -0.4 is 5.32 Å². The quantitative estimate of drug-likeness (QED) is 0.864. The Bertz CT molecular complexity index is 454. The lowest BCUT2D eigenvalue weighted by atomic mass is 10.2. The second kappa shape index (κ2) is 5.51. The lowest BCUT2D eigenvalue weighted by Gasteiger charge is -2.15. The number of hydrogen-bond acceptors (Lipinski definition) is 2. The number of pyridine rings is 1. The first kappa shape index (κ1) is 14.7. The molecule has 8 heteroatoms. The van der Waals surface area contributed by atoms with Crippen molar-refractivity contribution in [2.24, 2.45) is 0 Å². The van der Waals surface area contributed by atoms with Crippen LogP contribution in [0.2, 0.25) is 5.02 Å². The minimum Gasteiger partial charge on any atom is -0.346 e. The molecule has 18 heavy (non-hydrogen) atoms. The fourth-order valence-electron chi connectivity index (χ4n) is 1.06. The minimum absolute atomic E-state index is 0.0142. The molecule has 1 amide bonds. The Hall–Kier alpha value is -1.37. The molecule has 0 spiro atoms. The molecule has 0 saturated carbocycles. The number of aromatic nitrogens is 1. The first-order valence-corrected chi connectivity index (χ1v) is 5.18. The highest BCUT2D eigenvalue weighted by molar-refractivity contribution is 6.33. The largest absolute Gasteiger partial charge is 0.346 e. The van der Waals surface area contributed by atoms with Crippen LogP contribution in [0.15, 0.2) is 12.3 Å². The van der Waals surface area contributed by atoms with Gasteiger partial charge in [0.1, 0.15) is 0 Å². The van der Waals surface area contributed by atoms with E-state index in [4.69, 9.17) is 11.6 Å². The van der Waals surface area contributed by atoms with Gasteiger partial charge in [0.15, 0.2) is 0 Å². The third-order valence-electron chi connectivity index (χ3n) is 2.04. The van der Waals surface area contributed by atoms with Crippen LogP contribution >= 0.6 is 11.6 Å².